The van der Waals surface area contributed by atoms with E-state index in [4.69, 9.17) is 0 Å². The first-order valence-corrected chi connectivity index (χ1v) is 6.98. The lowest BCUT2D eigenvalue weighted by Crippen LogP contribution is -2.25. The summed E-state index contributed by atoms with van der Waals surface area (Å²) in [5.41, 5.74) is 3.41. The molecule has 4 heteroatoms. The summed E-state index contributed by atoms with van der Waals surface area (Å²) in [6.45, 7) is 6.71. The highest BCUT2D eigenvalue weighted by Gasteiger charge is 2.20. The first-order chi connectivity index (χ1) is 9.67. The average molecular weight is 273 g/mol. The van der Waals surface area contributed by atoms with Crippen LogP contribution in [0.1, 0.15) is 42.4 Å². The van der Waals surface area contributed by atoms with Gasteiger partial charge in [-0.1, -0.05) is 32.0 Å². The van der Waals surface area contributed by atoms with E-state index in [1.807, 2.05) is 39.0 Å². The van der Waals surface area contributed by atoms with Gasteiger partial charge in [-0.05, 0) is 37.6 Å². The molecule has 2 rings (SSSR count). The molecule has 0 aliphatic heterocycles. The van der Waals surface area contributed by atoms with Crippen molar-refractivity contribution >= 4 is 0 Å². The molecule has 1 atom stereocenters. The minimum Gasteiger partial charge on any atom is -0.306 e. The smallest absolute Gasteiger partial charge is 0.128 e. The van der Waals surface area contributed by atoms with Crippen LogP contribution in [0.4, 0.5) is 4.39 Å². The Morgan fingerprint density at radius 2 is 1.90 bits per heavy atom. The standard InChI is InChI=1S/C16H20FN3/c1-4-15-13(10-11(3)19-20-15)16(18-5-2)12-8-6-7-9-14(12)17/h6-10,16,18H,4-5H2,1-3H3. The maximum absolute atomic E-state index is 14.1. The number of nitrogens with one attached hydrogen (secondary N) is 1. The fraction of sp³-hybridized carbons (Fsp3) is 0.375. The molecule has 0 aliphatic carbocycles. The van der Waals surface area contributed by atoms with E-state index >= 15 is 0 Å². The van der Waals surface area contributed by atoms with Gasteiger partial charge in [0.2, 0.25) is 0 Å². The van der Waals surface area contributed by atoms with E-state index in [-0.39, 0.29) is 11.9 Å². The van der Waals surface area contributed by atoms with Crippen LogP contribution in [0.15, 0.2) is 30.3 Å². The molecular weight excluding hydrogens is 253 g/mol. The van der Waals surface area contributed by atoms with Crippen LogP contribution in [0.3, 0.4) is 0 Å². The van der Waals surface area contributed by atoms with E-state index < -0.39 is 0 Å². The number of aromatic nitrogens is 2. The predicted molar refractivity (Wildman–Crippen MR) is 78.1 cm³/mol. The van der Waals surface area contributed by atoms with Crippen molar-refractivity contribution in [3.05, 3.63) is 58.7 Å². The molecule has 1 aromatic carbocycles. The van der Waals surface area contributed by atoms with E-state index in [0.717, 1.165) is 29.9 Å². The molecule has 0 fully saturated rings. The van der Waals surface area contributed by atoms with Crippen LogP contribution >= 0.6 is 0 Å². The normalized spacial score (nSPS) is 12.4. The van der Waals surface area contributed by atoms with E-state index in [1.54, 1.807) is 6.07 Å². The van der Waals surface area contributed by atoms with Crippen molar-refractivity contribution in [2.45, 2.75) is 33.2 Å². The van der Waals surface area contributed by atoms with Gasteiger partial charge in [0.1, 0.15) is 5.82 Å². The SMILES string of the molecule is CCNC(c1ccccc1F)c1cc(C)nnc1CC. The van der Waals surface area contributed by atoms with E-state index in [1.165, 1.54) is 6.07 Å². The zero-order chi connectivity index (χ0) is 14.5. The summed E-state index contributed by atoms with van der Waals surface area (Å²) in [4.78, 5) is 0. The Morgan fingerprint density at radius 1 is 1.15 bits per heavy atom. The van der Waals surface area contributed by atoms with Crippen molar-refractivity contribution in [1.29, 1.82) is 0 Å². The Balaban J connectivity index is 2.54. The maximum atomic E-state index is 14.1. The monoisotopic (exact) mass is 273 g/mol. The number of nitrogens with zero attached hydrogens (tertiary/aromatic N) is 2. The molecule has 20 heavy (non-hydrogen) atoms. The number of benzene rings is 1. The zero-order valence-corrected chi connectivity index (χ0v) is 12.2. The van der Waals surface area contributed by atoms with E-state index in [9.17, 15) is 4.39 Å². The molecule has 3 nitrogen and oxygen atoms in total. The fourth-order valence-electron chi connectivity index (χ4n) is 2.36. The van der Waals surface area contributed by atoms with Gasteiger partial charge in [0.15, 0.2) is 0 Å². The maximum Gasteiger partial charge on any atom is 0.128 e. The number of hydrogen-bond donors (Lipinski definition) is 1. The second-order valence-corrected chi connectivity index (χ2v) is 4.75. The third-order valence-corrected chi connectivity index (χ3v) is 3.30. The number of aryl methyl sites for hydroxylation is 2. The van der Waals surface area contributed by atoms with Gasteiger partial charge in [0.05, 0.1) is 17.4 Å². The van der Waals surface area contributed by atoms with Crippen molar-refractivity contribution in [2.75, 3.05) is 6.54 Å². The van der Waals surface area contributed by atoms with Gasteiger partial charge in [0.25, 0.3) is 0 Å². The van der Waals surface area contributed by atoms with Crippen LogP contribution < -0.4 is 5.32 Å². The number of halogens is 1. The highest BCUT2D eigenvalue weighted by molar-refractivity contribution is 5.35. The third kappa shape index (κ3) is 3.02. The number of rotatable bonds is 5. The van der Waals surface area contributed by atoms with Crippen molar-refractivity contribution < 1.29 is 4.39 Å². The molecular formula is C16H20FN3. The Labute approximate surface area is 119 Å². The van der Waals surface area contributed by atoms with Gasteiger partial charge in [0, 0.05) is 5.56 Å². The largest absolute Gasteiger partial charge is 0.306 e. The number of hydrogen-bond acceptors (Lipinski definition) is 3. The molecule has 0 bridgehead atoms. The highest BCUT2D eigenvalue weighted by atomic mass is 19.1. The molecule has 1 aromatic heterocycles. The minimum absolute atomic E-state index is 0.189. The minimum atomic E-state index is -0.199. The zero-order valence-electron chi connectivity index (χ0n) is 12.2. The van der Waals surface area contributed by atoms with Crippen molar-refractivity contribution in [3.8, 4) is 0 Å². The van der Waals surface area contributed by atoms with Crippen LogP contribution in [0.25, 0.3) is 0 Å². The molecule has 1 heterocycles. The second-order valence-electron chi connectivity index (χ2n) is 4.75. The predicted octanol–water partition coefficient (Wildman–Crippen LogP) is 3.19. The molecule has 0 aliphatic rings. The summed E-state index contributed by atoms with van der Waals surface area (Å²) in [5, 5.41) is 11.7. The topological polar surface area (TPSA) is 37.8 Å². The molecule has 2 aromatic rings. The molecule has 0 spiro atoms. The van der Waals surface area contributed by atoms with Crippen LogP contribution in [0, 0.1) is 12.7 Å². The Hall–Kier alpha value is -1.81. The Morgan fingerprint density at radius 3 is 2.55 bits per heavy atom. The van der Waals surface area contributed by atoms with Gasteiger partial charge in [-0.3, -0.25) is 0 Å². The van der Waals surface area contributed by atoms with Crippen molar-refractivity contribution in [1.82, 2.24) is 15.5 Å². The lowest BCUT2D eigenvalue weighted by atomic mass is 9.96. The van der Waals surface area contributed by atoms with Gasteiger partial charge in [-0.15, -0.1) is 0 Å². The van der Waals surface area contributed by atoms with E-state index in [0.29, 0.717) is 5.56 Å². The lowest BCUT2D eigenvalue weighted by molar-refractivity contribution is 0.553. The summed E-state index contributed by atoms with van der Waals surface area (Å²) >= 11 is 0. The third-order valence-electron chi connectivity index (χ3n) is 3.30. The van der Waals surface area contributed by atoms with Gasteiger partial charge in [-0.2, -0.15) is 10.2 Å². The van der Waals surface area contributed by atoms with Crippen LogP contribution in [0.5, 0.6) is 0 Å². The van der Waals surface area contributed by atoms with Crippen LogP contribution in [-0.2, 0) is 6.42 Å². The first kappa shape index (κ1) is 14.6. The van der Waals surface area contributed by atoms with Crippen molar-refractivity contribution in [3.63, 3.8) is 0 Å². The molecule has 0 radical (unpaired) electrons. The second kappa shape index (κ2) is 6.57. The van der Waals surface area contributed by atoms with Gasteiger partial charge < -0.3 is 5.32 Å². The summed E-state index contributed by atoms with van der Waals surface area (Å²) in [6, 6.07) is 8.68. The Bertz CT molecular complexity index is 584. The molecule has 0 saturated carbocycles. The van der Waals surface area contributed by atoms with Gasteiger partial charge >= 0.3 is 0 Å². The summed E-state index contributed by atoms with van der Waals surface area (Å²) in [7, 11) is 0. The average Bonchev–Trinajstić information content (AvgIpc) is 2.46. The van der Waals surface area contributed by atoms with E-state index in [2.05, 4.69) is 15.5 Å². The van der Waals surface area contributed by atoms with Gasteiger partial charge in [-0.25, -0.2) is 4.39 Å². The highest BCUT2D eigenvalue weighted by Crippen LogP contribution is 2.26. The summed E-state index contributed by atoms with van der Waals surface area (Å²) in [5.74, 6) is -0.199. The molecule has 0 amide bonds. The van der Waals surface area contributed by atoms with Crippen LogP contribution in [0.2, 0.25) is 0 Å². The van der Waals surface area contributed by atoms with Crippen molar-refractivity contribution in [2.24, 2.45) is 0 Å². The summed E-state index contributed by atoms with van der Waals surface area (Å²) in [6.07, 6.45) is 0.777. The molecule has 1 unspecified atom stereocenters. The Kier molecular flexibility index (Phi) is 4.79. The van der Waals surface area contributed by atoms with Crippen LogP contribution in [-0.4, -0.2) is 16.7 Å². The quantitative estimate of drug-likeness (QED) is 0.909. The fourth-order valence-corrected chi connectivity index (χ4v) is 2.36. The summed E-state index contributed by atoms with van der Waals surface area (Å²) < 4.78 is 14.1. The molecule has 1 N–H and O–H groups in total. The first-order valence-electron chi connectivity index (χ1n) is 6.98. The molecule has 0 saturated heterocycles. The lowest BCUT2D eigenvalue weighted by Gasteiger charge is -2.21. The molecule has 106 valence electrons.